The molecule has 1 fully saturated rings. The van der Waals surface area contributed by atoms with E-state index in [1.165, 1.54) is 0 Å². The van der Waals surface area contributed by atoms with E-state index in [1.807, 2.05) is 26.0 Å². The summed E-state index contributed by atoms with van der Waals surface area (Å²) in [6.07, 6.45) is 4.03. The van der Waals surface area contributed by atoms with E-state index in [1.54, 1.807) is 17.3 Å². The first kappa shape index (κ1) is 15.7. The summed E-state index contributed by atoms with van der Waals surface area (Å²) < 4.78 is 5.10. The van der Waals surface area contributed by atoms with Gasteiger partial charge in [-0.1, -0.05) is 5.16 Å². The molecule has 0 radical (unpaired) electrons. The number of hydrogen-bond donors (Lipinski definition) is 1. The summed E-state index contributed by atoms with van der Waals surface area (Å²) in [6, 6.07) is 3.89. The topological polar surface area (TPSA) is 79.5 Å². The molecular weight excluding hydrogens is 294 g/mol. The maximum Gasteiger partial charge on any atom is 0.227 e. The molecule has 1 amide bonds. The number of pyridine rings is 1. The number of nitrogens with zero attached hydrogens (tertiary/aromatic N) is 3. The monoisotopic (exact) mass is 315 g/mol. The molecule has 6 heteroatoms. The third kappa shape index (κ3) is 3.42. The largest absolute Gasteiger partial charge is 0.391 e. The molecule has 1 N–H and O–H groups in total. The first-order valence-corrected chi connectivity index (χ1v) is 7.81. The van der Waals surface area contributed by atoms with E-state index in [4.69, 9.17) is 4.52 Å². The van der Waals surface area contributed by atoms with Gasteiger partial charge < -0.3 is 14.5 Å². The molecular formula is C17H21N3O3. The highest BCUT2D eigenvalue weighted by molar-refractivity contribution is 5.79. The van der Waals surface area contributed by atoms with Gasteiger partial charge in [0.05, 0.1) is 18.2 Å². The quantitative estimate of drug-likeness (QED) is 0.920. The molecule has 0 aliphatic carbocycles. The number of aliphatic hydroxyl groups is 1. The number of carbonyl (C=O) groups excluding carboxylic acids is 1. The highest BCUT2D eigenvalue weighted by Gasteiger charge is 2.34. The van der Waals surface area contributed by atoms with Crippen molar-refractivity contribution in [2.75, 3.05) is 13.1 Å². The number of hydrogen-bond acceptors (Lipinski definition) is 5. The fraction of sp³-hybridized carbons (Fsp3) is 0.471. The normalized spacial score (nSPS) is 20.9. The van der Waals surface area contributed by atoms with Gasteiger partial charge in [0.1, 0.15) is 5.76 Å². The lowest BCUT2D eigenvalue weighted by Crippen LogP contribution is -2.31. The minimum atomic E-state index is -0.489. The van der Waals surface area contributed by atoms with Crippen LogP contribution in [0.3, 0.4) is 0 Å². The standard InChI is InChI=1S/C17H21N3O3/c1-11-15(12(2)23-19-11)8-17(22)20-9-14(16(21)10-20)7-13-3-5-18-6-4-13/h3-6,14,16,21H,7-10H2,1-2H3/t14-,16+/m1/s1. The summed E-state index contributed by atoms with van der Waals surface area (Å²) in [5.74, 6) is 0.755. The molecule has 0 bridgehead atoms. The molecule has 0 aromatic carbocycles. The second kappa shape index (κ2) is 6.50. The Morgan fingerprint density at radius 2 is 2.09 bits per heavy atom. The molecule has 23 heavy (non-hydrogen) atoms. The van der Waals surface area contributed by atoms with Crippen LogP contribution in [0.4, 0.5) is 0 Å². The molecule has 0 saturated carbocycles. The molecule has 0 spiro atoms. The van der Waals surface area contributed by atoms with Crippen molar-refractivity contribution in [1.82, 2.24) is 15.0 Å². The van der Waals surface area contributed by atoms with E-state index in [2.05, 4.69) is 10.1 Å². The van der Waals surface area contributed by atoms with Crippen molar-refractivity contribution in [2.45, 2.75) is 32.8 Å². The average molecular weight is 315 g/mol. The fourth-order valence-electron chi connectivity index (χ4n) is 3.10. The fourth-order valence-corrected chi connectivity index (χ4v) is 3.10. The van der Waals surface area contributed by atoms with Gasteiger partial charge in [-0.2, -0.15) is 0 Å². The molecule has 3 rings (SSSR count). The molecule has 0 unspecified atom stereocenters. The van der Waals surface area contributed by atoms with Crippen molar-refractivity contribution in [1.29, 1.82) is 0 Å². The van der Waals surface area contributed by atoms with Crippen LogP contribution in [0.25, 0.3) is 0 Å². The van der Waals surface area contributed by atoms with E-state index >= 15 is 0 Å². The summed E-state index contributed by atoms with van der Waals surface area (Å²) in [5, 5.41) is 14.1. The van der Waals surface area contributed by atoms with Crippen molar-refractivity contribution in [3.63, 3.8) is 0 Å². The van der Waals surface area contributed by atoms with Gasteiger partial charge in [0, 0.05) is 37.0 Å². The van der Waals surface area contributed by atoms with Crippen LogP contribution in [0, 0.1) is 19.8 Å². The summed E-state index contributed by atoms with van der Waals surface area (Å²) in [5.41, 5.74) is 2.73. The van der Waals surface area contributed by atoms with Gasteiger partial charge in [-0.05, 0) is 38.0 Å². The van der Waals surface area contributed by atoms with Crippen LogP contribution >= 0.6 is 0 Å². The van der Waals surface area contributed by atoms with Gasteiger partial charge >= 0.3 is 0 Å². The first-order chi connectivity index (χ1) is 11.0. The van der Waals surface area contributed by atoms with Crippen molar-refractivity contribution in [2.24, 2.45) is 5.92 Å². The van der Waals surface area contributed by atoms with Crippen LogP contribution in [-0.2, 0) is 17.6 Å². The maximum absolute atomic E-state index is 12.5. The van der Waals surface area contributed by atoms with E-state index < -0.39 is 6.10 Å². The number of carbonyl (C=O) groups is 1. The van der Waals surface area contributed by atoms with Gasteiger partial charge in [-0.3, -0.25) is 9.78 Å². The number of amides is 1. The number of β-amino-alcohol motifs (C(OH)–C–C–N with tert-alkyl or cyclic N) is 1. The SMILES string of the molecule is Cc1noc(C)c1CC(=O)N1C[C@@H](Cc2ccncc2)[C@@H](O)C1. The molecule has 3 heterocycles. The zero-order valence-electron chi connectivity index (χ0n) is 13.4. The van der Waals surface area contributed by atoms with E-state index in [0.717, 1.165) is 23.2 Å². The number of aliphatic hydroxyl groups excluding tert-OH is 1. The molecule has 1 saturated heterocycles. The Morgan fingerprint density at radius 1 is 1.35 bits per heavy atom. The number of aryl methyl sites for hydroxylation is 2. The number of rotatable bonds is 4. The number of likely N-dealkylation sites (tertiary alicyclic amines) is 1. The second-order valence-corrected chi connectivity index (χ2v) is 6.17. The molecule has 6 nitrogen and oxygen atoms in total. The minimum absolute atomic E-state index is 0.00989. The Kier molecular flexibility index (Phi) is 4.43. The highest BCUT2D eigenvalue weighted by atomic mass is 16.5. The lowest BCUT2D eigenvalue weighted by molar-refractivity contribution is -0.129. The van der Waals surface area contributed by atoms with Crippen LogP contribution in [-0.4, -0.2) is 45.2 Å². The Balaban J connectivity index is 1.63. The lowest BCUT2D eigenvalue weighted by Gasteiger charge is -2.16. The van der Waals surface area contributed by atoms with Gasteiger partial charge in [0.25, 0.3) is 0 Å². The average Bonchev–Trinajstić information content (AvgIpc) is 3.06. The first-order valence-electron chi connectivity index (χ1n) is 7.81. The van der Waals surface area contributed by atoms with Gasteiger partial charge in [-0.15, -0.1) is 0 Å². The van der Waals surface area contributed by atoms with E-state index in [-0.39, 0.29) is 18.2 Å². The number of aromatic nitrogens is 2. The summed E-state index contributed by atoms with van der Waals surface area (Å²) in [7, 11) is 0. The van der Waals surface area contributed by atoms with Crippen molar-refractivity contribution < 1.29 is 14.4 Å². The lowest BCUT2D eigenvalue weighted by atomic mass is 9.97. The maximum atomic E-state index is 12.5. The molecule has 2 atom stereocenters. The highest BCUT2D eigenvalue weighted by Crippen LogP contribution is 2.23. The van der Waals surface area contributed by atoms with Gasteiger partial charge in [0.2, 0.25) is 5.91 Å². The predicted octanol–water partition coefficient (Wildman–Crippen LogP) is 1.29. The Morgan fingerprint density at radius 3 is 2.74 bits per heavy atom. The third-order valence-electron chi connectivity index (χ3n) is 4.52. The zero-order chi connectivity index (χ0) is 16.4. The third-order valence-corrected chi connectivity index (χ3v) is 4.52. The Hall–Kier alpha value is -2.21. The summed E-state index contributed by atoms with van der Waals surface area (Å²) >= 11 is 0. The van der Waals surface area contributed by atoms with Crippen molar-refractivity contribution >= 4 is 5.91 Å². The van der Waals surface area contributed by atoms with E-state index in [0.29, 0.717) is 18.8 Å². The van der Waals surface area contributed by atoms with Gasteiger partial charge in [0.15, 0.2) is 0 Å². The Bertz CT molecular complexity index is 664. The van der Waals surface area contributed by atoms with Crippen LogP contribution in [0.15, 0.2) is 29.0 Å². The summed E-state index contributed by atoms with van der Waals surface area (Å²) in [4.78, 5) is 18.2. The van der Waals surface area contributed by atoms with E-state index in [9.17, 15) is 9.90 Å². The molecule has 1 aliphatic rings. The molecule has 2 aromatic rings. The summed E-state index contributed by atoms with van der Waals surface area (Å²) in [6.45, 7) is 4.61. The predicted molar refractivity (Wildman–Crippen MR) is 83.7 cm³/mol. The van der Waals surface area contributed by atoms with Crippen molar-refractivity contribution in [3.8, 4) is 0 Å². The minimum Gasteiger partial charge on any atom is -0.391 e. The van der Waals surface area contributed by atoms with Crippen LogP contribution in [0.1, 0.15) is 22.6 Å². The molecule has 122 valence electrons. The van der Waals surface area contributed by atoms with Crippen LogP contribution in [0.5, 0.6) is 0 Å². The smallest absolute Gasteiger partial charge is 0.227 e. The van der Waals surface area contributed by atoms with Crippen LogP contribution < -0.4 is 0 Å². The van der Waals surface area contributed by atoms with Crippen molar-refractivity contribution in [3.05, 3.63) is 47.1 Å². The second-order valence-electron chi connectivity index (χ2n) is 6.17. The zero-order valence-corrected chi connectivity index (χ0v) is 13.4. The molecule has 1 aliphatic heterocycles. The van der Waals surface area contributed by atoms with Gasteiger partial charge in [-0.25, -0.2) is 0 Å². The molecule has 2 aromatic heterocycles. The Labute approximate surface area is 135 Å². The van der Waals surface area contributed by atoms with Crippen LogP contribution in [0.2, 0.25) is 0 Å².